The number of ketones is 1. The minimum Gasteiger partial charge on any atom is -0.399 e. The van der Waals surface area contributed by atoms with Gasteiger partial charge in [0.05, 0.1) is 0 Å². The van der Waals surface area contributed by atoms with Gasteiger partial charge in [0, 0.05) is 23.9 Å². The van der Waals surface area contributed by atoms with Crippen molar-refractivity contribution in [2.45, 2.75) is 44.7 Å². The molecule has 1 aromatic carbocycles. The summed E-state index contributed by atoms with van der Waals surface area (Å²) in [6, 6.07) is 6.83. The number of hydrogen-bond acceptors (Lipinski definition) is 2. The second-order valence-electron chi connectivity index (χ2n) is 5.14. The van der Waals surface area contributed by atoms with Gasteiger partial charge >= 0.3 is 6.18 Å². The zero-order valence-electron chi connectivity index (χ0n) is 11.1. The molecule has 0 aliphatic rings. The monoisotopic (exact) mass is 273 g/mol. The smallest absolute Gasteiger partial charge is 0.389 e. The Hall–Kier alpha value is -1.52. The third kappa shape index (κ3) is 4.58. The van der Waals surface area contributed by atoms with E-state index in [1.807, 2.05) is 0 Å². The number of carbonyl (C=O) groups excluding carboxylic acids is 1. The number of hydrogen-bond donors (Lipinski definition) is 1. The molecular formula is C14H18F3NO. The summed E-state index contributed by atoms with van der Waals surface area (Å²) in [4.78, 5) is 12.0. The van der Waals surface area contributed by atoms with Crippen molar-refractivity contribution in [1.29, 1.82) is 0 Å². The van der Waals surface area contributed by atoms with Crippen molar-refractivity contribution in [2.75, 3.05) is 5.73 Å². The van der Waals surface area contributed by atoms with Gasteiger partial charge in [0.25, 0.3) is 0 Å². The molecule has 0 heterocycles. The Kier molecular flexibility index (Phi) is 4.61. The molecule has 0 atom stereocenters. The van der Waals surface area contributed by atoms with E-state index in [1.54, 1.807) is 38.1 Å². The average molecular weight is 273 g/mol. The lowest BCUT2D eigenvalue weighted by molar-refractivity contribution is -0.137. The predicted molar refractivity (Wildman–Crippen MR) is 68.8 cm³/mol. The summed E-state index contributed by atoms with van der Waals surface area (Å²) in [5.74, 6) is -0.193. The van der Waals surface area contributed by atoms with Crippen LogP contribution >= 0.6 is 0 Å². The van der Waals surface area contributed by atoms with Crippen LogP contribution in [0, 0.1) is 0 Å². The molecule has 2 nitrogen and oxygen atoms in total. The van der Waals surface area contributed by atoms with Gasteiger partial charge in [-0.1, -0.05) is 12.1 Å². The van der Waals surface area contributed by atoms with Gasteiger partial charge in [0.15, 0.2) is 0 Å². The van der Waals surface area contributed by atoms with Crippen LogP contribution in [0.15, 0.2) is 24.3 Å². The van der Waals surface area contributed by atoms with E-state index in [-0.39, 0.29) is 18.6 Å². The lowest BCUT2D eigenvalue weighted by atomic mass is 9.79. The maximum atomic E-state index is 12.0. The molecule has 0 spiro atoms. The summed E-state index contributed by atoms with van der Waals surface area (Å²) < 4.78 is 36.1. The Labute approximate surface area is 110 Å². The number of carbonyl (C=O) groups is 1. The van der Waals surface area contributed by atoms with Gasteiger partial charge in [-0.15, -0.1) is 0 Å². The third-order valence-electron chi connectivity index (χ3n) is 3.19. The van der Waals surface area contributed by atoms with E-state index in [0.29, 0.717) is 5.69 Å². The molecule has 0 unspecified atom stereocenters. The third-order valence-corrected chi connectivity index (χ3v) is 3.19. The minimum atomic E-state index is -4.20. The predicted octanol–water partition coefficient (Wildman–Crippen LogP) is 3.85. The van der Waals surface area contributed by atoms with E-state index < -0.39 is 18.0 Å². The Bertz CT molecular complexity index is 435. The lowest BCUT2D eigenvalue weighted by Gasteiger charge is -2.24. The first-order chi connectivity index (χ1) is 8.63. The fourth-order valence-electron chi connectivity index (χ4n) is 1.82. The zero-order chi connectivity index (χ0) is 14.7. The van der Waals surface area contributed by atoms with Crippen LogP contribution in [0.25, 0.3) is 0 Å². The van der Waals surface area contributed by atoms with E-state index in [4.69, 9.17) is 5.73 Å². The van der Waals surface area contributed by atoms with Gasteiger partial charge in [-0.05, 0) is 38.0 Å². The van der Waals surface area contributed by atoms with Crippen LogP contribution in [0.3, 0.4) is 0 Å². The van der Waals surface area contributed by atoms with E-state index >= 15 is 0 Å². The van der Waals surface area contributed by atoms with Crippen LogP contribution < -0.4 is 5.73 Å². The highest BCUT2D eigenvalue weighted by atomic mass is 19.4. The van der Waals surface area contributed by atoms with E-state index in [0.717, 1.165) is 5.56 Å². The second kappa shape index (κ2) is 5.63. The van der Waals surface area contributed by atoms with Gasteiger partial charge < -0.3 is 5.73 Å². The number of Topliss-reactive ketones (excluding diaryl/α,β-unsaturated/α-hetero) is 1. The lowest BCUT2D eigenvalue weighted by Crippen LogP contribution is -2.29. The van der Waals surface area contributed by atoms with Gasteiger partial charge in [-0.25, -0.2) is 0 Å². The van der Waals surface area contributed by atoms with Crippen molar-refractivity contribution in [3.05, 3.63) is 29.8 Å². The fourth-order valence-corrected chi connectivity index (χ4v) is 1.82. The molecule has 0 fully saturated rings. The van der Waals surface area contributed by atoms with Gasteiger partial charge in [0.1, 0.15) is 5.78 Å². The summed E-state index contributed by atoms with van der Waals surface area (Å²) in [7, 11) is 0. The topological polar surface area (TPSA) is 43.1 Å². The Morgan fingerprint density at radius 2 is 1.68 bits per heavy atom. The number of halogens is 3. The van der Waals surface area contributed by atoms with Crippen molar-refractivity contribution < 1.29 is 18.0 Å². The normalized spacial score (nSPS) is 12.5. The number of benzene rings is 1. The standard InChI is InChI=1S/C14H18F3NO/c1-13(2,10-5-7-11(18)8-6-10)12(19)4-3-9-14(15,16)17/h5-8H,3-4,9,18H2,1-2H3. The van der Waals surface area contributed by atoms with E-state index in [2.05, 4.69) is 0 Å². The van der Waals surface area contributed by atoms with E-state index in [9.17, 15) is 18.0 Å². The summed E-state index contributed by atoms with van der Waals surface area (Å²) in [5, 5.41) is 0. The molecule has 106 valence electrons. The van der Waals surface area contributed by atoms with Crippen LogP contribution in [0.5, 0.6) is 0 Å². The quantitative estimate of drug-likeness (QED) is 0.828. The highest BCUT2D eigenvalue weighted by molar-refractivity contribution is 5.89. The first-order valence-electron chi connectivity index (χ1n) is 6.09. The van der Waals surface area contributed by atoms with Crippen molar-refractivity contribution in [3.8, 4) is 0 Å². The largest absolute Gasteiger partial charge is 0.399 e. The molecule has 2 N–H and O–H groups in total. The molecular weight excluding hydrogens is 255 g/mol. The SMILES string of the molecule is CC(C)(C(=O)CCCC(F)(F)F)c1ccc(N)cc1. The second-order valence-corrected chi connectivity index (χ2v) is 5.14. The molecule has 5 heteroatoms. The maximum Gasteiger partial charge on any atom is 0.389 e. The Morgan fingerprint density at radius 1 is 1.16 bits per heavy atom. The molecule has 0 saturated heterocycles. The van der Waals surface area contributed by atoms with Gasteiger partial charge in [-0.2, -0.15) is 13.2 Å². The molecule has 0 amide bonds. The fraction of sp³-hybridized carbons (Fsp3) is 0.500. The van der Waals surface area contributed by atoms with Crippen LogP contribution in [0.4, 0.5) is 18.9 Å². The Morgan fingerprint density at radius 3 is 2.16 bits per heavy atom. The highest BCUT2D eigenvalue weighted by Crippen LogP contribution is 2.29. The Balaban J connectivity index is 2.66. The molecule has 19 heavy (non-hydrogen) atoms. The minimum absolute atomic E-state index is 0.0725. The maximum absolute atomic E-state index is 12.0. The van der Waals surface area contributed by atoms with Crippen LogP contribution in [-0.4, -0.2) is 12.0 Å². The van der Waals surface area contributed by atoms with Crippen LogP contribution in [0.1, 0.15) is 38.7 Å². The summed E-state index contributed by atoms with van der Waals surface area (Å²) in [6.07, 6.45) is -5.36. The molecule has 1 rings (SSSR count). The van der Waals surface area contributed by atoms with Crippen molar-refractivity contribution in [1.82, 2.24) is 0 Å². The highest BCUT2D eigenvalue weighted by Gasteiger charge is 2.31. The first-order valence-corrected chi connectivity index (χ1v) is 6.09. The first kappa shape index (κ1) is 15.5. The van der Waals surface area contributed by atoms with Crippen molar-refractivity contribution in [3.63, 3.8) is 0 Å². The number of nitrogen functional groups attached to an aromatic ring is 1. The van der Waals surface area contributed by atoms with Crippen molar-refractivity contribution >= 4 is 11.5 Å². The number of rotatable bonds is 5. The van der Waals surface area contributed by atoms with Crippen LogP contribution in [-0.2, 0) is 10.2 Å². The van der Waals surface area contributed by atoms with Gasteiger partial charge in [-0.3, -0.25) is 4.79 Å². The number of alkyl halides is 3. The summed E-state index contributed by atoms with van der Waals surface area (Å²) in [5.41, 5.74) is 6.12. The zero-order valence-corrected chi connectivity index (χ0v) is 11.1. The molecule has 0 aliphatic heterocycles. The molecule has 0 saturated carbocycles. The number of anilines is 1. The molecule has 0 bridgehead atoms. The van der Waals surface area contributed by atoms with Crippen LogP contribution in [0.2, 0.25) is 0 Å². The molecule has 0 radical (unpaired) electrons. The average Bonchev–Trinajstić information content (AvgIpc) is 2.27. The molecule has 0 aliphatic carbocycles. The summed E-state index contributed by atoms with van der Waals surface area (Å²) >= 11 is 0. The van der Waals surface area contributed by atoms with Crippen molar-refractivity contribution in [2.24, 2.45) is 0 Å². The molecule has 0 aromatic heterocycles. The molecule has 1 aromatic rings. The summed E-state index contributed by atoms with van der Waals surface area (Å²) in [6.45, 7) is 3.43. The number of nitrogens with two attached hydrogens (primary N) is 1. The van der Waals surface area contributed by atoms with Gasteiger partial charge in [0.2, 0.25) is 0 Å². The van der Waals surface area contributed by atoms with E-state index in [1.165, 1.54) is 0 Å².